The zero-order valence-corrected chi connectivity index (χ0v) is 10.6. The van der Waals surface area contributed by atoms with Gasteiger partial charge in [0, 0.05) is 5.69 Å². The molecule has 4 heteroatoms. The Morgan fingerprint density at radius 3 is 2.33 bits per heavy atom. The molecule has 0 aromatic heterocycles. The number of nitrogens with one attached hydrogen (secondary N) is 1. The summed E-state index contributed by atoms with van der Waals surface area (Å²) in [6.45, 7) is 0.539. The Morgan fingerprint density at radius 2 is 1.72 bits per heavy atom. The van der Waals surface area contributed by atoms with Crippen LogP contribution in [0.1, 0.15) is 5.56 Å². The van der Waals surface area contributed by atoms with Gasteiger partial charge in [-0.25, -0.2) is 0 Å². The van der Waals surface area contributed by atoms with Gasteiger partial charge in [-0.1, -0.05) is 30.3 Å². The van der Waals surface area contributed by atoms with Crippen LogP contribution in [0.15, 0.2) is 54.6 Å². The van der Waals surface area contributed by atoms with Crippen LogP contribution < -0.4 is 15.8 Å². The molecular weight excluding hydrogens is 244 g/mol. The van der Waals surface area contributed by atoms with Crippen LogP contribution >= 0.6 is 12.2 Å². The van der Waals surface area contributed by atoms with Crippen molar-refractivity contribution in [1.29, 1.82) is 0 Å². The van der Waals surface area contributed by atoms with E-state index < -0.39 is 0 Å². The lowest BCUT2D eigenvalue weighted by Crippen LogP contribution is -2.18. The van der Waals surface area contributed by atoms with Gasteiger partial charge in [-0.15, -0.1) is 0 Å². The second-order valence-electron chi connectivity index (χ2n) is 3.79. The second kappa shape index (κ2) is 6.02. The van der Waals surface area contributed by atoms with Crippen molar-refractivity contribution >= 4 is 23.0 Å². The first-order valence-electron chi connectivity index (χ1n) is 5.57. The number of para-hydroxylation sites is 1. The predicted octanol–water partition coefficient (Wildman–Crippen LogP) is 2.92. The molecule has 0 aliphatic heterocycles. The number of thiocarbonyl (C=S) groups is 1. The Balaban J connectivity index is 1.92. The highest BCUT2D eigenvalue weighted by Gasteiger charge is 1.97. The van der Waals surface area contributed by atoms with Gasteiger partial charge >= 0.3 is 0 Å². The van der Waals surface area contributed by atoms with Crippen molar-refractivity contribution in [2.45, 2.75) is 6.61 Å². The van der Waals surface area contributed by atoms with E-state index in [2.05, 4.69) is 5.32 Å². The zero-order valence-electron chi connectivity index (χ0n) is 9.80. The van der Waals surface area contributed by atoms with Crippen LogP contribution in [0, 0.1) is 0 Å². The molecule has 0 bridgehead atoms. The van der Waals surface area contributed by atoms with Crippen LogP contribution in [0.4, 0.5) is 5.69 Å². The maximum Gasteiger partial charge on any atom is 0.168 e. The molecule has 0 amide bonds. The molecule has 92 valence electrons. The minimum Gasteiger partial charge on any atom is -0.489 e. The van der Waals surface area contributed by atoms with Gasteiger partial charge in [0.2, 0.25) is 0 Å². The van der Waals surface area contributed by atoms with Crippen molar-refractivity contribution < 1.29 is 4.74 Å². The lowest BCUT2D eigenvalue weighted by molar-refractivity contribution is 0.306. The maximum atomic E-state index is 5.64. The van der Waals surface area contributed by atoms with E-state index in [0.717, 1.165) is 17.0 Å². The van der Waals surface area contributed by atoms with Crippen molar-refractivity contribution in [3.8, 4) is 5.75 Å². The summed E-state index contributed by atoms with van der Waals surface area (Å²) in [5.74, 6) is 0.864. The molecule has 0 spiro atoms. The first-order valence-corrected chi connectivity index (χ1v) is 5.98. The van der Waals surface area contributed by atoms with E-state index >= 15 is 0 Å². The fraction of sp³-hybridized carbons (Fsp3) is 0.0714. The summed E-state index contributed by atoms with van der Waals surface area (Å²) < 4.78 is 5.64. The Hall–Kier alpha value is -2.07. The summed E-state index contributed by atoms with van der Waals surface area (Å²) in [5, 5.41) is 3.14. The third kappa shape index (κ3) is 3.75. The monoisotopic (exact) mass is 258 g/mol. The highest BCUT2D eigenvalue weighted by Crippen LogP contribution is 2.13. The van der Waals surface area contributed by atoms with Gasteiger partial charge in [-0.3, -0.25) is 0 Å². The van der Waals surface area contributed by atoms with Gasteiger partial charge < -0.3 is 15.8 Å². The van der Waals surface area contributed by atoms with Gasteiger partial charge in [0.25, 0.3) is 0 Å². The molecule has 0 saturated carbocycles. The third-order valence-corrected chi connectivity index (χ3v) is 2.47. The lowest BCUT2D eigenvalue weighted by Gasteiger charge is -2.07. The molecule has 0 aliphatic rings. The predicted molar refractivity (Wildman–Crippen MR) is 77.6 cm³/mol. The summed E-state index contributed by atoms with van der Waals surface area (Å²) in [5.41, 5.74) is 7.36. The summed E-state index contributed by atoms with van der Waals surface area (Å²) >= 11 is 4.77. The summed E-state index contributed by atoms with van der Waals surface area (Å²) in [4.78, 5) is 0. The molecule has 0 fully saturated rings. The molecule has 2 aromatic carbocycles. The van der Waals surface area contributed by atoms with Gasteiger partial charge in [-0.05, 0) is 42.0 Å². The number of nitrogens with two attached hydrogens (primary N) is 1. The fourth-order valence-corrected chi connectivity index (χ4v) is 1.63. The van der Waals surface area contributed by atoms with E-state index in [9.17, 15) is 0 Å². The van der Waals surface area contributed by atoms with E-state index in [1.807, 2.05) is 54.6 Å². The van der Waals surface area contributed by atoms with Crippen LogP contribution in [0.25, 0.3) is 0 Å². The summed E-state index contributed by atoms with van der Waals surface area (Å²) in [6, 6.07) is 17.5. The minimum absolute atomic E-state index is 0.267. The zero-order chi connectivity index (χ0) is 12.8. The van der Waals surface area contributed by atoms with E-state index in [4.69, 9.17) is 22.7 Å². The molecule has 3 N–H and O–H groups in total. The van der Waals surface area contributed by atoms with Crippen molar-refractivity contribution in [3.05, 3.63) is 60.2 Å². The first-order chi connectivity index (χ1) is 8.74. The maximum absolute atomic E-state index is 5.64. The molecule has 0 aliphatic carbocycles. The molecular formula is C14H14N2OS. The standard InChI is InChI=1S/C14H14N2OS/c15-14(18)16-12-8-6-11(7-9-12)10-17-13-4-2-1-3-5-13/h1-9H,10H2,(H3,15,16,18). The second-order valence-corrected chi connectivity index (χ2v) is 4.23. The van der Waals surface area contributed by atoms with E-state index in [-0.39, 0.29) is 5.11 Å². The average Bonchev–Trinajstić information content (AvgIpc) is 2.38. The number of rotatable bonds is 4. The summed E-state index contributed by atoms with van der Waals surface area (Å²) in [6.07, 6.45) is 0. The van der Waals surface area contributed by atoms with Gasteiger partial charge in [0.15, 0.2) is 5.11 Å². The number of benzene rings is 2. The smallest absolute Gasteiger partial charge is 0.168 e. The van der Waals surface area contributed by atoms with Gasteiger partial charge in [0.05, 0.1) is 0 Å². The largest absolute Gasteiger partial charge is 0.489 e. The van der Waals surface area contributed by atoms with E-state index in [0.29, 0.717) is 6.61 Å². The average molecular weight is 258 g/mol. The van der Waals surface area contributed by atoms with Crippen molar-refractivity contribution in [2.24, 2.45) is 5.73 Å². The molecule has 0 atom stereocenters. The lowest BCUT2D eigenvalue weighted by atomic mass is 10.2. The number of ether oxygens (including phenoxy) is 1. The van der Waals surface area contributed by atoms with Crippen molar-refractivity contribution in [1.82, 2.24) is 0 Å². The Labute approximate surface area is 112 Å². The van der Waals surface area contributed by atoms with Crippen LogP contribution in [0.5, 0.6) is 5.75 Å². The Kier molecular flexibility index (Phi) is 4.15. The molecule has 0 unspecified atom stereocenters. The van der Waals surface area contributed by atoms with Gasteiger partial charge in [0.1, 0.15) is 12.4 Å². The fourth-order valence-electron chi connectivity index (χ4n) is 1.51. The van der Waals surface area contributed by atoms with Crippen molar-refractivity contribution in [2.75, 3.05) is 5.32 Å². The highest BCUT2D eigenvalue weighted by atomic mass is 32.1. The molecule has 0 radical (unpaired) electrons. The van der Waals surface area contributed by atoms with E-state index in [1.54, 1.807) is 0 Å². The number of hydrogen-bond acceptors (Lipinski definition) is 2. The Bertz CT molecular complexity index is 511. The third-order valence-electron chi connectivity index (χ3n) is 2.37. The first kappa shape index (κ1) is 12.4. The molecule has 2 aromatic rings. The van der Waals surface area contributed by atoms with Crippen LogP contribution in [0.3, 0.4) is 0 Å². The summed E-state index contributed by atoms with van der Waals surface area (Å²) in [7, 11) is 0. The molecule has 3 nitrogen and oxygen atoms in total. The molecule has 0 saturated heterocycles. The van der Waals surface area contributed by atoms with Crippen LogP contribution in [-0.2, 0) is 6.61 Å². The molecule has 18 heavy (non-hydrogen) atoms. The van der Waals surface area contributed by atoms with E-state index in [1.165, 1.54) is 0 Å². The normalized spacial score (nSPS) is 9.78. The number of hydrogen-bond donors (Lipinski definition) is 2. The topological polar surface area (TPSA) is 47.3 Å². The Morgan fingerprint density at radius 1 is 1.06 bits per heavy atom. The van der Waals surface area contributed by atoms with Crippen molar-refractivity contribution in [3.63, 3.8) is 0 Å². The van der Waals surface area contributed by atoms with Crippen LogP contribution in [-0.4, -0.2) is 5.11 Å². The van der Waals surface area contributed by atoms with Crippen LogP contribution in [0.2, 0.25) is 0 Å². The highest BCUT2D eigenvalue weighted by molar-refractivity contribution is 7.80. The molecule has 0 heterocycles. The quantitative estimate of drug-likeness (QED) is 0.828. The molecule has 2 rings (SSSR count). The minimum atomic E-state index is 0.267. The number of anilines is 1. The SMILES string of the molecule is NC(=S)Nc1ccc(COc2ccccc2)cc1. The van der Waals surface area contributed by atoms with Gasteiger partial charge in [-0.2, -0.15) is 0 Å².